The summed E-state index contributed by atoms with van der Waals surface area (Å²) in [6, 6.07) is 9.48. The summed E-state index contributed by atoms with van der Waals surface area (Å²) in [5.74, 6) is -0.196. The van der Waals surface area contributed by atoms with Crippen molar-refractivity contribution in [2.45, 2.75) is 20.3 Å². The van der Waals surface area contributed by atoms with Crippen LogP contribution in [0, 0.1) is 0 Å². The number of rotatable bonds is 2. The molecule has 0 radical (unpaired) electrons. The first-order chi connectivity index (χ1) is 9.06. The van der Waals surface area contributed by atoms with Crippen molar-refractivity contribution in [3.8, 4) is 0 Å². The van der Waals surface area contributed by atoms with Crippen LogP contribution < -0.4 is 0 Å². The molecule has 0 atom stereocenters. The number of Topliss-reactive ketones (excluding diaryl/α,β-unsaturated/α-hetero) is 1. The quantitative estimate of drug-likeness (QED) is 0.761. The summed E-state index contributed by atoms with van der Waals surface area (Å²) in [5, 5.41) is 0. The van der Waals surface area contributed by atoms with E-state index in [0.717, 1.165) is 5.56 Å². The molecule has 1 aliphatic carbocycles. The van der Waals surface area contributed by atoms with Crippen LogP contribution in [0.3, 0.4) is 0 Å². The van der Waals surface area contributed by atoms with Gasteiger partial charge in [-0.05, 0) is 42.7 Å². The zero-order valence-corrected chi connectivity index (χ0v) is 11.0. The Morgan fingerprint density at radius 1 is 1.05 bits per heavy atom. The second-order valence-electron chi connectivity index (χ2n) is 4.58. The first kappa shape index (κ1) is 13.1. The number of amides is 1. The van der Waals surface area contributed by atoms with Crippen molar-refractivity contribution < 1.29 is 9.59 Å². The van der Waals surface area contributed by atoms with Gasteiger partial charge in [-0.15, -0.1) is 0 Å². The molecular formula is C16H15NO2. The third kappa shape index (κ3) is 3.35. The lowest BCUT2D eigenvalue weighted by atomic mass is 9.98. The second kappa shape index (κ2) is 5.57. The fourth-order valence-electron chi connectivity index (χ4n) is 1.95. The van der Waals surface area contributed by atoms with Crippen LogP contribution in [0.5, 0.6) is 0 Å². The molecule has 96 valence electrons. The number of hydrogen-bond acceptors (Lipinski definition) is 2. The van der Waals surface area contributed by atoms with Gasteiger partial charge in [-0.1, -0.05) is 30.3 Å². The molecule has 19 heavy (non-hydrogen) atoms. The lowest BCUT2D eigenvalue weighted by molar-refractivity contribution is -0.117. The smallest absolute Gasteiger partial charge is 0.250 e. The molecule has 0 bridgehead atoms. The molecule has 1 amide bonds. The highest BCUT2D eigenvalue weighted by molar-refractivity contribution is 6.23. The Labute approximate surface area is 112 Å². The number of ketones is 1. The number of nitrogens with zero attached hydrogens (tertiary/aromatic N) is 1. The van der Waals surface area contributed by atoms with Crippen molar-refractivity contribution in [1.29, 1.82) is 0 Å². The van der Waals surface area contributed by atoms with Crippen LogP contribution in [0.15, 0.2) is 58.6 Å². The molecule has 1 aromatic carbocycles. The summed E-state index contributed by atoms with van der Waals surface area (Å²) >= 11 is 0. The molecule has 0 fully saturated rings. The third-order valence-electron chi connectivity index (χ3n) is 2.90. The second-order valence-corrected chi connectivity index (χ2v) is 4.58. The Hall–Kier alpha value is -2.29. The van der Waals surface area contributed by atoms with Crippen molar-refractivity contribution in [2.24, 2.45) is 4.99 Å². The Kier molecular flexibility index (Phi) is 3.85. The van der Waals surface area contributed by atoms with Crippen LogP contribution in [-0.2, 0) is 16.0 Å². The van der Waals surface area contributed by atoms with Crippen LogP contribution in [0.4, 0.5) is 0 Å². The average molecular weight is 253 g/mol. The van der Waals surface area contributed by atoms with Crippen LogP contribution >= 0.6 is 0 Å². The van der Waals surface area contributed by atoms with E-state index in [2.05, 4.69) is 4.99 Å². The van der Waals surface area contributed by atoms with Gasteiger partial charge in [0.2, 0.25) is 0 Å². The molecule has 3 nitrogen and oxygen atoms in total. The lowest BCUT2D eigenvalue weighted by Gasteiger charge is -2.08. The molecule has 0 aromatic heterocycles. The van der Waals surface area contributed by atoms with Crippen LogP contribution in [0.2, 0.25) is 0 Å². The van der Waals surface area contributed by atoms with Crippen molar-refractivity contribution in [3.63, 3.8) is 0 Å². The topological polar surface area (TPSA) is 46.5 Å². The summed E-state index contributed by atoms with van der Waals surface area (Å²) in [5.41, 5.74) is 2.72. The van der Waals surface area contributed by atoms with Crippen molar-refractivity contribution in [2.75, 3.05) is 0 Å². The Morgan fingerprint density at radius 2 is 1.63 bits per heavy atom. The van der Waals surface area contributed by atoms with Crippen molar-refractivity contribution >= 4 is 17.4 Å². The van der Waals surface area contributed by atoms with E-state index in [1.54, 1.807) is 26.0 Å². The van der Waals surface area contributed by atoms with Gasteiger partial charge >= 0.3 is 0 Å². The molecular weight excluding hydrogens is 238 g/mol. The van der Waals surface area contributed by atoms with Gasteiger partial charge in [0, 0.05) is 0 Å². The molecule has 0 N–H and O–H groups in total. The zero-order chi connectivity index (χ0) is 13.8. The van der Waals surface area contributed by atoms with E-state index in [1.165, 1.54) is 0 Å². The molecule has 0 saturated carbocycles. The minimum Gasteiger partial charge on any atom is -0.289 e. The maximum absolute atomic E-state index is 11.8. The largest absolute Gasteiger partial charge is 0.289 e. The van der Waals surface area contributed by atoms with E-state index >= 15 is 0 Å². The molecule has 2 rings (SSSR count). The van der Waals surface area contributed by atoms with Gasteiger partial charge in [-0.25, -0.2) is 4.99 Å². The first-order valence-electron chi connectivity index (χ1n) is 6.13. The fourth-order valence-corrected chi connectivity index (χ4v) is 1.95. The van der Waals surface area contributed by atoms with Crippen LogP contribution in [0.25, 0.3) is 0 Å². The molecule has 0 unspecified atom stereocenters. The number of aliphatic imine (C=N–C) groups is 1. The Morgan fingerprint density at radius 3 is 2.21 bits per heavy atom. The summed E-state index contributed by atoms with van der Waals surface area (Å²) in [6.07, 6.45) is 3.58. The van der Waals surface area contributed by atoms with E-state index in [4.69, 9.17) is 0 Å². The monoisotopic (exact) mass is 253 g/mol. The maximum atomic E-state index is 11.8. The highest BCUT2D eigenvalue weighted by atomic mass is 16.1. The number of carbonyl (C=O) groups excluding carboxylic acids is 2. The number of hydrogen-bond donors (Lipinski definition) is 0. The van der Waals surface area contributed by atoms with Crippen LogP contribution in [0.1, 0.15) is 19.4 Å². The summed E-state index contributed by atoms with van der Waals surface area (Å²) in [7, 11) is 0. The van der Waals surface area contributed by atoms with E-state index in [0.29, 0.717) is 16.9 Å². The minimum absolute atomic E-state index is 0.00876. The van der Waals surface area contributed by atoms with Crippen LogP contribution in [-0.4, -0.2) is 17.4 Å². The number of benzene rings is 1. The van der Waals surface area contributed by atoms with Gasteiger partial charge in [0.15, 0.2) is 5.78 Å². The highest BCUT2D eigenvalue weighted by Crippen LogP contribution is 2.12. The SMILES string of the molecule is CC1=CC(=NC(=O)Cc2ccccc2)C=C(C)C1=O. The normalized spacial score (nSPS) is 14.8. The number of allylic oxidation sites excluding steroid dienone is 4. The van der Waals surface area contributed by atoms with Gasteiger partial charge in [0.05, 0.1) is 12.1 Å². The van der Waals surface area contributed by atoms with Gasteiger partial charge in [0.25, 0.3) is 5.91 Å². The highest BCUT2D eigenvalue weighted by Gasteiger charge is 2.14. The average Bonchev–Trinajstić information content (AvgIpc) is 2.37. The summed E-state index contributed by atoms with van der Waals surface area (Å²) < 4.78 is 0. The van der Waals surface area contributed by atoms with E-state index in [9.17, 15) is 9.59 Å². The van der Waals surface area contributed by atoms with Gasteiger partial charge in [-0.2, -0.15) is 0 Å². The molecule has 1 aliphatic rings. The van der Waals surface area contributed by atoms with Crippen molar-refractivity contribution in [1.82, 2.24) is 0 Å². The molecule has 3 heteroatoms. The maximum Gasteiger partial charge on any atom is 0.250 e. The number of carbonyl (C=O) groups is 2. The van der Waals surface area contributed by atoms with E-state index in [-0.39, 0.29) is 18.1 Å². The Balaban J connectivity index is 2.14. The predicted molar refractivity (Wildman–Crippen MR) is 75.1 cm³/mol. The predicted octanol–water partition coefficient (Wildman–Crippen LogP) is 2.67. The molecule has 1 aromatic rings. The van der Waals surface area contributed by atoms with Crippen molar-refractivity contribution in [3.05, 3.63) is 59.2 Å². The summed E-state index contributed by atoms with van der Waals surface area (Å²) in [4.78, 5) is 27.5. The van der Waals surface area contributed by atoms with Gasteiger partial charge in [-0.3, -0.25) is 9.59 Å². The fraction of sp³-hybridized carbons (Fsp3) is 0.188. The first-order valence-corrected chi connectivity index (χ1v) is 6.13. The van der Waals surface area contributed by atoms with Gasteiger partial charge < -0.3 is 0 Å². The molecule has 0 aliphatic heterocycles. The molecule has 0 spiro atoms. The lowest BCUT2D eigenvalue weighted by Crippen LogP contribution is -2.12. The summed E-state index contributed by atoms with van der Waals surface area (Å²) in [6.45, 7) is 3.46. The van der Waals surface area contributed by atoms with Gasteiger partial charge in [0.1, 0.15) is 0 Å². The third-order valence-corrected chi connectivity index (χ3v) is 2.90. The Bertz CT molecular complexity index is 583. The van der Waals surface area contributed by atoms with E-state index in [1.807, 2.05) is 30.3 Å². The molecule has 0 saturated heterocycles. The standard InChI is InChI=1S/C16H15NO2/c1-11-8-14(9-12(2)16(11)19)17-15(18)10-13-6-4-3-5-7-13/h3-9H,10H2,1-2H3. The minimum atomic E-state index is -0.205. The zero-order valence-electron chi connectivity index (χ0n) is 11.0. The molecule has 0 heterocycles. The van der Waals surface area contributed by atoms with E-state index < -0.39 is 0 Å².